The lowest BCUT2D eigenvalue weighted by atomic mass is 10.7. The van der Waals surface area contributed by atoms with Gasteiger partial charge in [-0.1, -0.05) is 0 Å². The van der Waals surface area contributed by atoms with Gasteiger partial charge < -0.3 is 10.1 Å². The Labute approximate surface area is 65.3 Å². The molecule has 0 fully saturated rings. The molecule has 5 heteroatoms. The van der Waals surface area contributed by atoms with Crippen LogP contribution >= 0.6 is 0 Å². The van der Waals surface area contributed by atoms with Crippen LogP contribution in [0.5, 0.6) is 0 Å². The smallest absolute Gasteiger partial charge is 0.410 e. The number of hydrogen-bond donors (Lipinski definition) is 1. The first-order valence-electron chi connectivity index (χ1n) is 3.11. The van der Waals surface area contributed by atoms with Crippen molar-refractivity contribution in [2.75, 3.05) is 20.8 Å². The lowest BCUT2D eigenvalue weighted by Crippen LogP contribution is -2.37. The Kier molecular flexibility index (Phi) is 4.02. The van der Waals surface area contributed by atoms with Crippen LogP contribution in [0.3, 0.4) is 0 Å². The van der Waals surface area contributed by atoms with Crippen molar-refractivity contribution in [3.8, 4) is 0 Å². The molecule has 2 amide bonds. The second kappa shape index (κ2) is 4.54. The summed E-state index contributed by atoms with van der Waals surface area (Å²) in [5, 5.41) is 2.45. The topological polar surface area (TPSA) is 58.6 Å². The van der Waals surface area contributed by atoms with E-state index < -0.39 is 6.09 Å². The standard InChI is InChI=1S/C6H12N2O3/c1-5(9)7-4-8(2)6(10)11-3/h4H2,1-3H3,(H,7,9). The largest absolute Gasteiger partial charge is 0.453 e. The Morgan fingerprint density at radius 2 is 2.09 bits per heavy atom. The average Bonchev–Trinajstić information content (AvgIpc) is 1.98. The molecule has 0 spiro atoms. The number of carbonyl (C=O) groups excluding carboxylic acids is 2. The van der Waals surface area contributed by atoms with Gasteiger partial charge in [-0.2, -0.15) is 0 Å². The number of ether oxygens (including phenoxy) is 1. The van der Waals surface area contributed by atoms with Crippen molar-refractivity contribution in [2.45, 2.75) is 6.92 Å². The molecular weight excluding hydrogens is 148 g/mol. The van der Waals surface area contributed by atoms with Crippen LogP contribution in [0.25, 0.3) is 0 Å². The molecule has 0 radical (unpaired) electrons. The van der Waals surface area contributed by atoms with E-state index in [1.165, 1.54) is 26.0 Å². The lowest BCUT2D eigenvalue weighted by Gasteiger charge is -2.14. The van der Waals surface area contributed by atoms with Crippen molar-refractivity contribution in [3.05, 3.63) is 0 Å². The normalized spacial score (nSPS) is 8.64. The summed E-state index contributed by atoms with van der Waals surface area (Å²) in [6, 6.07) is 0. The van der Waals surface area contributed by atoms with Crippen LogP contribution in [0.4, 0.5) is 4.79 Å². The zero-order valence-electron chi connectivity index (χ0n) is 6.88. The molecular formula is C6H12N2O3. The third-order valence-corrected chi connectivity index (χ3v) is 1.05. The lowest BCUT2D eigenvalue weighted by molar-refractivity contribution is -0.119. The van der Waals surface area contributed by atoms with Gasteiger partial charge in [0.2, 0.25) is 5.91 Å². The molecule has 0 saturated heterocycles. The molecule has 0 heterocycles. The molecule has 64 valence electrons. The summed E-state index contributed by atoms with van der Waals surface area (Å²) in [4.78, 5) is 22.3. The Balaban J connectivity index is 3.60. The Morgan fingerprint density at radius 3 is 2.45 bits per heavy atom. The zero-order valence-corrected chi connectivity index (χ0v) is 6.88. The molecule has 0 aromatic carbocycles. The van der Waals surface area contributed by atoms with Gasteiger partial charge in [0.25, 0.3) is 0 Å². The number of nitrogens with zero attached hydrogens (tertiary/aromatic N) is 1. The van der Waals surface area contributed by atoms with Crippen molar-refractivity contribution < 1.29 is 14.3 Å². The number of hydrogen-bond acceptors (Lipinski definition) is 3. The van der Waals surface area contributed by atoms with Crippen molar-refractivity contribution >= 4 is 12.0 Å². The predicted octanol–water partition coefficient (Wildman–Crippen LogP) is -0.222. The monoisotopic (exact) mass is 160 g/mol. The zero-order chi connectivity index (χ0) is 8.85. The minimum atomic E-state index is -0.473. The molecule has 5 nitrogen and oxygen atoms in total. The van der Waals surface area contributed by atoms with Crippen molar-refractivity contribution in [2.24, 2.45) is 0 Å². The summed E-state index contributed by atoms with van der Waals surface area (Å²) in [7, 11) is 2.81. The maximum Gasteiger partial charge on any atom is 0.410 e. The predicted molar refractivity (Wildman–Crippen MR) is 38.9 cm³/mol. The van der Waals surface area contributed by atoms with Gasteiger partial charge in [0.1, 0.15) is 0 Å². The van der Waals surface area contributed by atoms with Gasteiger partial charge in [-0.15, -0.1) is 0 Å². The molecule has 11 heavy (non-hydrogen) atoms. The van der Waals surface area contributed by atoms with Crippen LogP contribution in [0.2, 0.25) is 0 Å². The van der Waals surface area contributed by atoms with Crippen molar-refractivity contribution in [3.63, 3.8) is 0 Å². The van der Waals surface area contributed by atoms with Crippen molar-refractivity contribution in [1.82, 2.24) is 10.2 Å². The fourth-order valence-corrected chi connectivity index (χ4v) is 0.450. The minimum Gasteiger partial charge on any atom is -0.453 e. The summed E-state index contributed by atoms with van der Waals surface area (Å²) in [5.74, 6) is -0.180. The highest BCUT2D eigenvalue weighted by molar-refractivity contribution is 5.73. The van der Waals surface area contributed by atoms with Crippen LogP contribution in [-0.2, 0) is 9.53 Å². The van der Waals surface area contributed by atoms with Crippen molar-refractivity contribution in [1.29, 1.82) is 0 Å². The van der Waals surface area contributed by atoms with E-state index in [0.717, 1.165) is 0 Å². The number of rotatable bonds is 2. The van der Waals surface area contributed by atoms with Gasteiger partial charge in [-0.25, -0.2) is 4.79 Å². The fourth-order valence-electron chi connectivity index (χ4n) is 0.450. The van der Waals surface area contributed by atoms with Crippen LogP contribution in [0.1, 0.15) is 6.92 Å². The highest BCUT2D eigenvalue weighted by atomic mass is 16.5. The molecule has 0 aliphatic carbocycles. The number of nitrogens with one attached hydrogen (secondary N) is 1. The molecule has 0 atom stereocenters. The van der Waals surface area contributed by atoms with Gasteiger partial charge in [0, 0.05) is 14.0 Å². The van der Waals surface area contributed by atoms with E-state index in [0.29, 0.717) is 0 Å². The molecule has 0 saturated carbocycles. The van der Waals surface area contributed by atoms with Gasteiger partial charge in [0.05, 0.1) is 13.8 Å². The summed E-state index contributed by atoms with van der Waals surface area (Å²) in [5.41, 5.74) is 0. The number of amides is 2. The third-order valence-electron chi connectivity index (χ3n) is 1.05. The summed E-state index contributed by atoms with van der Waals surface area (Å²) >= 11 is 0. The van der Waals surface area contributed by atoms with E-state index in [1.807, 2.05) is 0 Å². The fraction of sp³-hybridized carbons (Fsp3) is 0.667. The first-order valence-corrected chi connectivity index (χ1v) is 3.11. The van der Waals surface area contributed by atoms with Gasteiger partial charge in [-0.3, -0.25) is 9.69 Å². The van der Waals surface area contributed by atoms with Crippen LogP contribution in [0.15, 0.2) is 0 Å². The van der Waals surface area contributed by atoms with Crippen LogP contribution in [-0.4, -0.2) is 37.7 Å². The Hall–Kier alpha value is -1.26. The number of methoxy groups -OCH3 is 1. The molecule has 0 aromatic heterocycles. The summed E-state index contributed by atoms with van der Waals surface area (Å²) in [6.07, 6.45) is -0.473. The maximum atomic E-state index is 10.7. The van der Waals surface area contributed by atoms with Gasteiger partial charge in [-0.05, 0) is 0 Å². The van der Waals surface area contributed by atoms with Gasteiger partial charge >= 0.3 is 6.09 Å². The SMILES string of the molecule is COC(=O)N(C)CNC(C)=O. The van der Waals surface area contributed by atoms with Crippen LogP contribution < -0.4 is 5.32 Å². The van der Waals surface area contributed by atoms with E-state index >= 15 is 0 Å². The van der Waals surface area contributed by atoms with E-state index in [4.69, 9.17) is 0 Å². The summed E-state index contributed by atoms with van der Waals surface area (Å²) < 4.78 is 4.38. The Morgan fingerprint density at radius 1 is 1.55 bits per heavy atom. The molecule has 0 bridgehead atoms. The molecule has 0 aromatic rings. The maximum absolute atomic E-state index is 10.7. The van der Waals surface area contributed by atoms with E-state index in [2.05, 4.69) is 10.1 Å². The summed E-state index contributed by atoms with van der Waals surface area (Å²) in [6.45, 7) is 1.55. The minimum absolute atomic E-state index is 0.169. The van der Waals surface area contributed by atoms with E-state index in [9.17, 15) is 9.59 Å². The molecule has 0 aliphatic heterocycles. The molecule has 1 N–H and O–H groups in total. The molecule has 0 unspecified atom stereocenters. The number of carbonyl (C=O) groups is 2. The second-order valence-electron chi connectivity index (χ2n) is 2.06. The third kappa shape index (κ3) is 4.19. The first kappa shape index (κ1) is 9.74. The second-order valence-corrected chi connectivity index (χ2v) is 2.06. The van der Waals surface area contributed by atoms with E-state index in [-0.39, 0.29) is 12.6 Å². The van der Waals surface area contributed by atoms with Gasteiger partial charge in [0.15, 0.2) is 0 Å². The van der Waals surface area contributed by atoms with E-state index in [1.54, 1.807) is 0 Å². The average molecular weight is 160 g/mol. The highest BCUT2D eigenvalue weighted by Gasteiger charge is 2.06. The molecule has 0 rings (SSSR count). The first-order chi connectivity index (χ1) is 5.07. The Bertz CT molecular complexity index is 158. The molecule has 0 aliphatic rings. The highest BCUT2D eigenvalue weighted by Crippen LogP contribution is 1.84. The quantitative estimate of drug-likeness (QED) is 0.568. The van der Waals surface area contributed by atoms with Crippen LogP contribution in [0, 0.1) is 0 Å².